The number of benzene rings is 2. The van der Waals surface area contributed by atoms with Gasteiger partial charge in [-0.15, -0.1) is 0 Å². The van der Waals surface area contributed by atoms with Gasteiger partial charge in [-0.2, -0.15) is 5.10 Å². The lowest BCUT2D eigenvalue weighted by molar-refractivity contribution is 0.340. The van der Waals surface area contributed by atoms with Gasteiger partial charge < -0.3 is 4.74 Å². The minimum atomic E-state index is 0.673. The summed E-state index contributed by atoms with van der Waals surface area (Å²) in [6, 6.07) is 15.8. The highest BCUT2D eigenvalue weighted by molar-refractivity contribution is 7.22. The molecule has 0 fully saturated rings. The Kier molecular flexibility index (Phi) is 4.12. The molecule has 0 saturated carbocycles. The predicted molar refractivity (Wildman–Crippen MR) is 88.4 cm³/mol. The molecule has 106 valence electrons. The Morgan fingerprint density at radius 3 is 2.76 bits per heavy atom. The van der Waals surface area contributed by atoms with Crippen molar-refractivity contribution in [3.05, 3.63) is 54.1 Å². The van der Waals surface area contributed by atoms with Crippen molar-refractivity contribution in [1.29, 1.82) is 0 Å². The Balaban J connectivity index is 1.66. The van der Waals surface area contributed by atoms with Crippen LogP contribution < -0.4 is 10.2 Å². The number of hydrazone groups is 1. The summed E-state index contributed by atoms with van der Waals surface area (Å²) in [7, 11) is 0. The molecular weight excluding hydrogens is 282 g/mol. The lowest BCUT2D eigenvalue weighted by Gasteiger charge is -2.01. The summed E-state index contributed by atoms with van der Waals surface area (Å²) < 4.78 is 6.55. The minimum absolute atomic E-state index is 0.673. The summed E-state index contributed by atoms with van der Waals surface area (Å²) in [5.74, 6) is 0.869. The summed E-state index contributed by atoms with van der Waals surface area (Å²) in [6.07, 6.45) is 1.77. The van der Waals surface area contributed by atoms with Gasteiger partial charge in [-0.05, 0) is 48.9 Å². The molecule has 5 heteroatoms. The molecule has 0 unspecified atom stereocenters. The van der Waals surface area contributed by atoms with Crippen LogP contribution in [0.4, 0.5) is 5.13 Å². The molecule has 0 atom stereocenters. The second-order valence-corrected chi connectivity index (χ2v) is 5.39. The molecule has 1 aromatic heterocycles. The van der Waals surface area contributed by atoms with Crippen molar-refractivity contribution in [1.82, 2.24) is 4.98 Å². The zero-order valence-corrected chi connectivity index (χ0v) is 12.4. The molecule has 0 bridgehead atoms. The number of anilines is 1. The molecular formula is C16H15N3OS. The van der Waals surface area contributed by atoms with Crippen LogP contribution >= 0.6 is 11.3 Å². The molecule has 0 aliphatic rings. The van der Waals surface area contributed by atoms with E-state index in [1.165, 1.54) is 0 Å². The Bertz CT molecular complexity index is 717. The van der Waals surface area contributed by atoms with E-state index in [0.717, 1.165) is 26.7 Å². The fourth-order valence-corrected chi connectivity index (χ4v) is 2.71. The van der Waals surface area contributed by atoms with Gasteiger partial charge in [0.05, 0.1) is 23.0 Å². The summed E-state index contributed by atoms with van der Waals surface area (Å²) >= 11 is 1.59. The van der Waals surface area contributed by atoms with Crippen molar-refractivity contribution < 1.29 is 4.74 Å². The third-order valence-electron chi connectivity index (χ3n) is 2.86. The van der Waals surface area contributed by atoms with Crippen LogP contribution in [0.5, 0.6) is 5.75 Å². The third-order valence-corrected chi connectivity index (χ3v) is 3.80. The fraction of sp³-hybridized carbons (Fsp3) is 0.125. The van der Waals surface area contributed by atoms with Crippen LogP contribution in [-0.4, -0.2) is 17.8 Å². The SMILES string of the molecule is CCOc1ccc(C=NNc2nc3ccccc3s2)cc1. The molecule has 0 spiro atoms. The van der Waals surface area contributed by atoms with E-state index in [2.05, 4.69) is 15.5 Å². The number of aromatic nitrogens is 1. The average molecular weight is 297 g/mol. The van der Waals surface area contributed by atoms with Gasteiger partial charge in [0.15, 0.2) is 0 Å². The van der Waals surface area contributed by atoms with Gasteiger partial charge >= 0.3 is 0 Å². The molecule has 0 aliphatic heterocycles. The smallest absolute Gasteiger partial charge is 0.204 e. The molecule has 3 rings (SSSR count). The number of thiazole rings is 1. The zero-order valence-electron chi connectivity index (χ0n) is 11.6. The number of fused-ring (bicyclic) bond motifs is 1. The Morgan fingerprint density at radius 2 is 2.00 bits per heavy atom. The molecule has 0 saturated heterocycles. The quantitative estimate of drug-likeness (QED) is 0.568. The standard InChI is InChI=1S/C16H15N3OS/c1-2-20-13-9-7-12(8-10-13)11-17-19-16-18-14-5-3-4-6-15(14)21-16/h3-11H,2H2,1H3,(H,18,19). The largest absolute Gasteiger partial charge is 0.494 e. The van der Waals surface area contributed by atoms with Gasteiger partial charge in [-0.25, -0.2) is 4.98 Å². The van der Waals surface area contributed by atoms with E-state index < -0.39 is 0 Å². The highest BCUT2D eigenvalue weighted by atomic mass is 32.1. The number of hydrogen-bond acceptors (Lipinski definition) is 5. The van der Waals surface area contributed by atoms with Crippen molar-refractivity contribution in [2.24, 2.45) is 5.10 Å². The van der Waals surface area contributed by atoms with Gasteiger partial charge in [-0.3, -0.25) is 5.43 Å². The van der Waals surface area contributed by atoms with Crippen LogP contribution in [0.2, 0.25) is 0 Å². The van der Waals surface area contributed by atoms with Gasteiger partial charge in [0.25, 0.3) is 0 Å². The van der Waals surface area contributed by atoms with E-state index >= 15 is 0 Å². The number of para-hydroxylation sites is 1. The number of ether oxygens (including phenoxy) is 1. The Labute approximate surface area is 127 Å². The van der Waals surface area contributed by atoms with E-state index in [4.69, 9.17) is 4.74 Å². The Hall–Kier alpha value is -2.40. The summed E-state index contributed by atoms with van der Waals surface area (Å²) in [5, 5.41) is 5.01. The van der Waals surface area contributed by atoms with Crippen molar-refractivity contribution in [2.75, 3.05) is 12.0 Å². The maximum absolute atomic E-state index is 5.40. The normalized spacial score (nSPS) is 11.1. The van der Waals surface area contributed by atoms with E-state index in [1.54, 1.807) is 17.6 Å². The second-order valence-electron chi connectivity index (χ2n) is 4.36. The number of nitrogens with zero attached hydrogens (tertiary/aromatic N) is 2. The summed E-state index contributed by atoms with van der Waals surface area (Å²) in [5.41, 5.74) is 4.96. The van der Waals surface area contributed by atoms with Crippen LogP contribution in [0.25, 0.3) is 10.2 Å². The van der Waals surface area contributed by atoms with Crippen molar-refractivity contribution in [3.8, 4) is 5.75 Å². The van der Waals surface area contributed by atoms with E-state index in [9.17, 15) is 0 Å². The van der Waals surface area contributed by atoms with Crippen molar-refractivity contribution >= 4 is 32.9 Å². The number of hydrogen-bond donors (Lipinski definition) is 1. The molecule has 0 radical (unpaired) electrons. The van der Waals surface area contributed by atoms with Crippen LogP contribution in [0.15, 0.2) is 53.6 Å². The van der Waals surface area contributed by atoms with Gasteiger partial charge in [0.1, 0.15) is 5.75 Å². The van der Waals surface area contributed by atoms with Crippen LogP contribution in [0.3, 0.4) is 0 Å². The summed E-state index contributed by atoms with van der Waals surface area (Å²) in [4.78, 5) is 4.46. The topological polar surface area (TPSA) is 46.5 Å². The van der Waals surface area contributed by atoms with Gasteiger partial charge in [0.2, 0.25) is 5.13 Å². The third kappa shape index (κ3) is 3.38. The maximum atomic E-state index is 5.40. The number of rotatable bonds is 5. The predicted octanol–water partition coefficient (Wildman–Crippen LogP) is 4.14. The molecule has 0 aliphatic carbocycles. The lowest BCUT2D eigenvalue weighted by atomic mass is 10.2. The van der Waals surface area contributed by atoms with E-state index in [0.29, 0.717) is 6.61 Å². The fourth-order valence-electron chi connectivity index (χ4n) is 1.90. The average Bonchev–Trinajstić information content (AvgIpc) is 2.92. The van der Waals surface area contributed by atoms with E-state index in [1.807, 2.05) is 55.5 Å². The monoisotopic (exact) mass is 297 g/mol. The van der Waals surface area contributed by atoms with Gasteiger partial charge in [-0.1, -0.05) is 23.5 Å². The first-order valence-electron chi connectivity index (χ1n) is 6.72. The second kappa shape index (κ2) is 6.37. The van der Waals surface area contributed by atoms with Crippen LogP contribution in [0.1, 0.15) is 12.5 Å². The molecule has 4 nitrogen and oxygen atoms in total. The molecule has 3 aromatic rings. The molecule has 2 aromatic carbocycles. The molecule has 0 amide bonds. The molecule has 21 heavy (non-hydrogen) atoms. The summed E-state index contributed by atoms with van der Waals surface area (Å²) in [6.45, 7) is 2.64. The van der Waals surface area contributed by atoms with Gasteiger partial charge in [0, 0.05) is 0 Å². The highest BCUT2D eigenvalue weighted by Crippen LogP contribution is 2.25. The minimum Gasteiger partial charge on any atom is -0.494 e. The maximum Gasteiger partial charge on any atom is 0.204 e. The van der Waals surface area contributed by atoms with E-state index in [-0.39, 0.29) is 0 Å². The highest BCUT2D eigenvalue weighted by Gasteiger charge is 2.00. The number of nitrogens with one attached hydrogen (secondary N) is 1. The van der Waals surface area contributed by atoms with Crippen molar-refractivity contribution in [2.45, 2.75) is 6.92 Å². The molecule has 1 N–H and O–H groups in total. The first-order chi connectivity index (χ1) is 10.3. The zero-order chi connectivity index (χ0) is 14.5. The van der Waals surface area contributed by atoms with Crippen LogP contribution in [-0.2, 0) is 0 Å². The van der Waals surface area contributed by atoms with Crippen molar-refractivity contribution in [3.63, 3.8) is 0 Å². The Morgan fingerprint density at radius 1 is 1.19 bits per heavy atom. The lowest BCUT2D eigenvalue weighted by Crippen LogP contribution is -1.92. The first kappa shape index (κ1) is 13.6. The molecule has 1 heterocycles. The van der Waals surface area contributed by atoms with Crippen LogP contribution in [0, 0.1) is 0 Å². The first-order valence-corrected chi connectivity index (χ1v) is 7.54.